The lowest BCUT2D eigenvalue weighted by Crippen LogP contribution is -2.41. The van der Waals surface area contributed by atoms with E-state index >= 15 is 0 Å². The number of nitrogens with zero attached hydrogens (tertiary/aromatic N) is 3. The number of nitrogens with two attached hydrogens (primary N) is 1. The fraction of sp³-hybridized carbons (Fsp3) is 0.250. The highest BCUT2D eigenvalue weighted by atomic mass is 16.6. The van der Waals surface area contributed by atoms with Crippen LogP contribution in [-0.2, 0) is 9.59 Å². The number of nitro groups is 1. The van der Waals surface area contributed by atoms with Crippen molar-refractivity contribution in [2.75, 3.05) is 12.3 Å². The normalized spacial score (nSPS) is 12.7. The second-order valence-electron chi connectivity index (χ2n) is 7.36. The average Bonchev–Trinajstić information content (AvgIpc) is 3.18. The van der Waals surface area contributed by atoms with Crippen molar-refractivity contribution in [1.29, 1.82) is 0 Å². The molecule has 1 aromatic carbocycles. The van der Waals surface area contributed by atoms with Crippen molar-refractivity contribution in [2.45, 2.75) is 24.8 Å². The van der Waals surface area contributed by atoms with Crippen molar-refractivity contribution in [3.8, 4) is 5.88 Å². The van der Waals surface area contributed by atoms with Gasteiger partial charge in [0.05, 0.1) is 11.3 Å². The molecule has 2 atom stereocenters. The van der Waals surface area contributed by atoms with Crippen LogP contribution in [0.4, 0.5) is 5.95 Å². The molecule has 0 bridgehead atoms. The summed E-state index contributed by atoms with van der Waals surface area (Å²) in [4.78, 5) is 55.7. The summed E-state index contributed by atoms with van der Waals surface area (Å²) < 4.78 is 0. The fourth-order valence-corrected chi connectivity index (χ4v) is 3.50. The van der Waals surface area contributed by atoms with Crippen molar-refractivity contribution >= 4 is 34.8 Å². The number of aliphatic carboxylic acids is 2. The van der Waals surface area contributed by atoms with Crippen molar-refractivity contribution in [2.24, 2.45) is 0 Å². The summed E-state index contributed by atoms with van der Waals surface area (Å²) in [5, 5.41) is 41.9. The second kappa shape index (κ2) is 9.81. The molecule has 0 aliphatic carbocycles. The number of H-pyrrole nitrogens is 1. The molecule has 0 radical (unpaired) electrons. The Hall–Kier alpha value is -4.75. The van der Waals surface area contributed by atoms with Crippen LogP contribution in [0.15, 0.2) is 30.5 Å². The molecule has 14 nitrogen and oxygen atoms in total. The van der Waals surface area contributed by atoms with Crippen molar-refractivity contribution < 1.29 is 34.6 Å². The van der Waals surface area contributed by atoms with E-state index in [4.69, 9.17) is 10.8 Å². The van der Waals surface area contributed by atoms with Crippen LogP contribution in [-0.4, -0.2) is 65.6 Å². The zero-order valence-corrected chi connectivity index (χ0v) is 17.5. The third-order valence-electron chi connectivity index (χ3n) is 5.09. The van der Waals surface area contributed by atoms with E-state index in [1.807, 2.05) is 0 Å². The molecule has 1 unspecified atom stereocenters. The Morgan fingerprint density at radius 2 is 1.85 bits per heavy atom. The molecule has 34 heavy (non-hydrogen) atoms. The summed E-state index contributed by atoms with van der Waals surface area (Å²) in [5.41, 5.74) is 6.58. The largest absolute Gasteiger partial charge is 0.493 e. The van der Waals surface area contributed by atoms with Gasteiger partial charge in [-0.25, -0.2) is 4.79 Å². The summed E-state index contributed by atoms with van der Waals surface area (Å²) in [6, 6.07) is 4.24. The van der Waals surface area contributed by atoms with Crippen LogP contribution in [0.5, 0.6) is 5.88 Å². The molecule has 14 heteroatoms. The lowest BCUT2D eigenvalue weighted by Gasteiger charge is -2.15. The van der Waals surface area contributed by atoms with E-state index in [1.165, 1.54) is 30.5 Å². The Bertz CT molecular complexity index is 1260. The lowest BCUT2D eigenvalue weighted by atomic mass is 9.91. The molecule has 0 aliphatic heterocycles. The topological polar surface area (TPSA) is 235 Å². The van der Waals surface area contributed by atoms with Crippen molar-refractivity contribution in [3.63, 3.8) is 0 Å². The first kappa shape index (κ1) is 23.9. The molecule has 0 aliphatic rings. The maximum atomic E-state index is 12.4. The molecule has 0 fully saturated rings. The van der Waals surface area contributed by atoms with E-state index in [1.54, 1.807) is 0 Å². The molecule has 3 rings (SSSR count). The Morgan fingerprint density at radius 1 is 1.18 bits per heavy atom. The maximum Gasteiger partial charge on any atom is 0.326 e. The summed E-state index contributed by atoms with van der Waals surface area (Å²) in [6.07, 6.45) is 0.717. The highest BCUT2D eigenvalue weighted by Crippen LogP contribution is 2.34. The van der Waals surface area contributed by atoms with E-state index in [-0.39, 0.29) is 29.0 Å². The van der Waals surface area contributed by atoms with Gasteiger partial charge in [0, 0.05) is 23.1 Å². The predicted molar refractivity (Wildman–Crippen MR) is 116 cm³/mol. The minimum atomic E-state index is -1.40. The number of carbonyl (C=O) groups is 3. The van der Waals surface area contributed by atoms with Crippen LogP contribution in [0.2, 0.25) is 0 Å². The quantitative estimate of drug-likeness (QED) is 0.177. The van der Waals surface area contributed by atoms with Crippen molar-refractivity contribution in [1.82, 2.24) is 20.3 Å². The third kappa shape index (κ3) is 5.35. The first-order valence-corrected chi connectivity index (χ1v) is 9.87. The number of aromatic hydroxyl groups is 1. The Kier molecular flexibility index (Phi) is 6.89. The number of carboxylic acids is 2. The van der Waals surface area contributed by atoms with Crippen LogP contribution < -0.4 is 11.1 Å². The minimum absolute atomic E-state index is 0.0723. The molecular formula is C20H20N6O8. The van der Waals surface area contributed by atoms with E-state index < -0.39 is 53.6 Å². The molecule has 2 aromatic heterocycles. The number of rotatable bonds is 10. The molecule has 0 spiro atoms. The van der Waals surface area contributed by atoms with Gasteiger partial charge in [-0.2, -0.15) is 9.97 Å². The van der Waals surface area contributed by atoms with Crippen molar-refractivity contribution in [3.05, 3.63) is 57.3 Å². The van der Waals surface area contributed by atoms with Crippen LogP contribution in [0, 0.1) is 10.1 Å². The molecule has 0 saturated carbocycles. The molecule has 3 aromatic rings. The highest BCUT2D eigenvalue weighted by Gasteiger charge is 2.27. The van der Waals surface area contributed by atoms with Gasteiger partial charge < -0.3 is 31.4 Å². The standard InChI is InChI=1S/C20H20N6O8/c21-20-24-16-15(18(30)25-20)11(7-22-16)12(8-26(33)34)9-1-3-10(4-2-9)17(29)23-13(19(31)32)5-6-14(27)28/h1-4,7,12-13H,5-6,8H2,(H,23,29)(H,27,28)(H,31,32)(H4,21,22,24,25,30)/t12?,13-/m0/s1. The number of amides is 1. The molecule has 1 amide bonds. The summed E-state index contributed by atoms with van der Waals surface area (Å²) in [6.45, 7) is -0.543. The number of nitrogens with one attached hydrogen (secondary N) is 2. The number of nitrogen functional groups attached to an aromatic ring is 1. The van der Waals surface area contributed by atoms with Gasteiger partial charge >= 0.3 is 11.9 Å². The average molecular weight is 472 g/mol. The molecule has 2 heterocycles. The number of aromatic nitrogens is 3. The van der Waals surface area contributed by atoms with Crippen LogP contribution in [0.3, 0.4) is 0 Å². The van der Waals surface area contributed by atoms with E-state index in [9.17, 15) is 34.7 Å². The third-order valence-corrected chi connectivity index (χ3v) is 5.09. The van der Waals surface area contributed by atoms with E-state index in [0.717, 1.165) is 0 Å². The summed E-state index contributed by atoms with van der Waals surface area (Å²) >= 11 is 0. The highest BCUT2D eigenvalue weighted by molar-refractivity contribution is 5.96. The predicted octanol–water partition coefficient (Wildman–Crippen LogP) is 0.702. The van der Waals surface area contributed by atoms with Crippen LogP contribution >= 0.6 is 0 Å². The summed E-state index contributed by atoms with van der Waals surface area (Å²) in [7, 11) is 0. The van der Waals surface area contributed by atoms with Gasteiger partial charge in [0.25, 0.3) is 5.91 Å². The molecule has 0 saturated heterocycles. The van der Waals surface area contributed by atoms with Gasteiger partial charge in [-0.05, 0) is 29.7 Å². The number of carbonyl (C=O) groups excluding carboxylic acids is 1. The number of hydrogen-bond donors (Lipinski definition) is 6. The van der Waals surface area contributed by atoms with Crippen LogP contribution in [0.25, 0.3) is 11.0 Å². The number of aromatic amines is 1. The maximum absolute atomic E-state index is 12.4. The molecule has 7 N–H and O–H groups in total. The Morgan fingerprint density at radius 3 is 2.44 bits per heavy atom. The van der Waals surface area contributed by atoms with Gasteiger partial charge in [-0.1, -0.05) is 12.1 Å². The van der Waals surface area contributed by atoms with Crippen LogP contribution in [0.1, 0.15) is 40.2 Å². The number of benzene rings is 1. The Labute approximate surface area is 190 Å². The van der Waals surface area contributed by atoms with Gasteiger partial charge in [0.15, 0.2) is 0 Å². The van der Waals surface area contributed by atoms with E-state index in [0.29, 0.717) is 11.1 Å². The first-order valence-electron chi connectivity index (χ1n) is 9.87. The first-order chi connectivity index (χ1) is 16.1. The fourth-order valence-electron chi connectivity index (χ4n) is 3.50. The smallest absolute Gasteiger partial charge is 0.326 e. The monoisotopic (exact) mass is 472 g/mol. The second-order valence-corrected chi connectivity index (χ2v) is 7.36. The van der Waals surface area contributed by atoms with E-state index in [2.05, 4.69) is 20.3 Å². The lowest BCUT2D eigenvalue weighted by molar-refractivity contribution is -0.481. The van der Waals surface area contributed by atoms with Gasteiger partial charge in [-0.3, -0.25) is 19.7 Å². The van der Waals surface area contributed by atoms with Gasteiger partial charge in [-0.15, -0.1) is 0 Å². The summed E-state index contributed by atoms with van der Waals surface area (Å²) in [5.74, 6) is -4.78. The van der Waals surface area contributed by atoms with Gasteiger partial charge in [0.1, 0.15) is 11.7 Å². The number of hydrogen-bond acceptors (Lipinski definition) is 9. The minimum Gasteiger partial charge on any atom is -0.493 e. The number of fused-ring (bicyclic) bond motifs is 1. The van der Waals surface area contributed by atoms with Gasteiger partial charge in [0.2, 0.25) is 18.4 Å². The zero-order valence-electron chi connectivity index (χ0n) is 17.5. The molecular weight excluding hydrogens is 452 g/mol. The molecule has 178 valence electrons. The Balaban J connectivity index is 1.88. The SMILES string of the molecule is Nc1nc(O)c2c(C(C[N+](=O)[O-])c3ccc(C(=O)N[C@@H](CCC(=O)O)C(=O)O)cc3)c[nH]c2n1. The number of anilines is 1. The number of carboxylic acid groups (broad SMARTS) is 2. The zero-order chi connectivity index (χ0) is 25.0.